The summed E-state index contributed by atoms with van der Waals surface area (Å²) in [6.07, 6.45) is 13.8. The van der Waals surface area contributed by atoms with Gasteiger partial charge in [-0.2, -0.15) is 0 Å². The lowest BCUT2D eigenvalue weighted by atomic mass is 10.2. The third kappa shape index (κ3) is 3.26. The van der Waals surface area contributed by atoms with Crippen molar-refractivity contribution in [3.63, 3.8) is 0 Å². The van der Waals surface area contributed by atoms with E-state index in [1.807, 2.05) is 24.8 Å². The minimum atomic E-state index is 0.948. The lowest BCUT2D eigenvalue weighted by molar-refractivity contribution is 1.07. The van der Waals surface area contributed by atoms with Gasteiger partial charge >= 0.3 is 0 Å². The number of benzene rings is 1. The van der Waals surface area contributed by atoms with Crippen LogP contribution in [0.4, 0.5) is 5.69 Å². The van der Waals surface area contributed by atoms with Crippen molar-refractivity contribution in [1.82, 2.24) is 0 Å². The Morgan fingerprint density at radius 3 is 2.70 bits per heavy atom. The highest BCUT2D eigenvalue weighted by Gasteiger charge is 2.21. The van der Waals surface area contributed by atoms with Gasteiger partial charge in [-0.3, -0.25) is 0 Å². The topological polar surface area (TPSA) is 3.24 Å². The summed E-state index contributed by atoms with van der Waals surface area (Å²) in [5.41, 5.74) is 2.58. The summed E-state index contributed by atoms with van der Waals surface area (Å²) in [4.78, 5) is 4.93. The van der Waals surface area contributed by atoms with Gasteiger partial charge in [-0.1, -0.05) is 60.4 Å². The molecule has 0 saturated carbocycles. The molecule has 1 nitrogen and oxygen atoms in total. The lowest BCUT2D eigenvalue weighted by Gasteiger charge is -2.31. The van der Waals surface area contributed by atoms with Crippen molar-refractivity contribution < 1.29 is 0 Å². The summed E-state index contributed by atoms with van der Waals surface area (Å²) >= 11 is 1.85. The number of likely N-dealkylation sites (N-methyl/N-ethyl adjacent to an activating group) is 1. The zero-order valence-corrected chi connectivity index (χ0v) is 13.2. The Labute approximate surface area is 126 Å². The molecule has 0 saturated heterocycles. The number of hydrogen-bond donors (Lipinski definition) is 0. The van der Waals surface area contributed by atoms with Gasteiger partial charge in [-0.25, -0.2) is 0 Å². The highest BCUT2D eigenvalue weighted by molar-refractivity contribution is 8.03. The van der Waals surface area contributed by atoms with E-state index in [0.717, 1.165) is 6.42 Å². The molecule has 1 heterocycles. The molecular weight excluding hydrogens is 262 g/mol. The number of hydrogen-bond acceptors (Lipinski definition) is 2. The summed E-state index contributed by atoms with van der Waals surface area (Å²) in [5.74, 6) is 0. The zero-order valence-electron chi connectivity index (χ0n) is 12.3. The lowest BCUT2D eigenvalue weighted by Crippen LogP contribution is -2.21. The quantitative estimate of drug-likeness (QED) is 0.670. The Morgan fingerprint density at radius 1 is 1.15 bits per heavy atom. The van der Waals surface area contributed by atoms with E-state index >= 15 is 0 Å². The fraction of sp³-hybridized carbons (Fsp3) is 0.222. The van der Waals surface area contributed by atoms with E-state index in [9.17, 15) is 0 Å². The van der Waals surface area contributed by atoms with Gasteiger partial charge in [-0.05, 0) is 32.4 Å². The molecule has 20 heavy (non-hydrogen) atoms. The highest BCUT2D eigenvalue weighted by atomic mass is 32.2. The van der Waals surface area contributed by atoms with Crippen molar-refractivity contribution in [1.29, 1.82) is 0 Å². The Hall–Kier alpha value is -1.67. The standard InChI is InChI=1S/C18H21NS/c1-4-6-7-8-9-12-15-17(5-2)20-18-14-11-10-13-16(18)19(15)3/h4-8,10-14H,9H2,1-3H3/b6-4-,8-7-,15-12+,17-5+. The second-order valence-electron chi connectivity index (χ2n) is 4.56. The zero-order chi connectivity index (χ0) is 14.4. The molecule has 2 heteroatoms. The van der Waals surface area contributed by atoms with E-state index in [1.54, 1.807) is 0 Å². The minimum Gasteiger partial charge on any atom is -0.343 e. The second kappa shape index (κ2) is 7.20. The molecule has 0 bridgehead atoms. The summed E-state index contributed by atoms with van der Waals surface area (Å²) in [6.45, 7) is 4.14. The highest BCUT2D eigenvalue weighted by Crippen LogP contribution is 2.44. The fourth-order valence-corrected chi connectivity index (χ4v) is 3.31. The van der Waals surface area contributed by atoms with Crippen LogP contribution >= 0.6 is 11.8 Å². The van der Waals surface area contributed by atoms with Crippen molar-refractivity contribution >= 4 is 17.4 Å². The molecule has 0 amide bonds. The van der Waals surface area contributed by atoms with E-state index in [4.69, 9.17) is 0 Å². The van der Waals surface area contributed by atoms with Crippen LogP contribution < -0.4 is 4.90 Å². The summed E-state index contributed by atoms with van der Waals surface area (Å²) in [5, 5.41) is 0. The Bertz CT molecular complexity index is 579. The van der Waals surface area contributed by atoms with Crippen LogP contribution in [0.25, 0.3) is 0 Å². The SMILES string of the molecule is C/C=C\C=C/C/C=C1\C(=C/C)Sc2ccccc2N1C. The molecule has 104 valence electrons. The van der Waals surface area contributed by atoms with Crippen molar-refractivity contribution in [2.24, 2.45) is 0 Å². The van der Waals surface area contributed by atoms with Gasteiger partial charge in [0.15, 0.2) is 0 Å². The normalized spacial score (nSPS) is 19.4. The van der Waals surface area contributed by atoms with Crippen molar-refractivity contribution in [3.05, 3.63) is 71.3 Å². The van der Waals surface area contributed by atoms with Gasteiger partial charge in [-0.15, -0.1) is 0 Å². The predicted molar refractivity (Wildman–Crippen MR) is 91.1 cm³/mol. The first-order chi connectivity index (χ1) is 9.77. The number of nitrogens with zero attached hydrogens (tertiary/aromatic N) is 1. The molecular formula is C18H21NS. The Balaban J connectivity index is 2.26. The maximum absolute atomic E-state index is 2.29. The molecule has 0 unspecified atom stereocenters. The van der Waals surface area contributed by atoms with Crippen LogP contribution in [0.3, 0.4) is 0 Å². The summed E-state index contributed by atoms with van der Waals surface area (Å²) < 4.78 is 0. The minimum absolute atomic E-state index is 0.948. The predicted octanol–water partition coefficient (Wildman–Crippen LogP) is 5.54. The first kappa shape index (κ1) is 14.7. The van der Waals surface area contributed by atoms with Crippen LogP contribution in [0.1, 0.15) is 20.3 Å². The monoisotopic (exact) mass is 283 g/mol. The number of rotatable bonds is 3. The average molecular weight is 283 g/mol. The number of anilines is 1. The molecule has 1 aromatic carbocycles. The number of allylic oxidation sites excluding steroid dienone is 6. The number of thioether (sulfide) groups is 1. The van der Waals surface area contributed by atoms with Gasteiger partial charge in [0.05, 0.1) is 11.4 Å². The van der Waals surface area contributed by atoms with Crippen LogP contribution in [0.2, 0.25) is 0 Å². The van der Waals surface area contributed by atoms with Crippen LogP contribution in [-0.4, -0.2) is 7.05 Å². The molecule has 0 atom stereocenters. The van der Waals surface area contributed by atoms with Crippen molar-refractivity contribution in [3.8, 4) is 0 Å². The molecule has 0 spiro atoms. The van der Waals surface area contributed by atoms with Gasteiger partial charge < -0.3 is 4.90 Å². The maximum atomic E-state index is 2.29. The van der Waals surface area contributed by atoms with Gasteiger partial charge in [0.1, 0.15) is 0 Å². The van der Waals surface area contributed by atoms with Gasteiger partial charge in [0.25, 0.3) is 0 Å². The molecule has 0 aliphatic carbocycles. The Morgan fingerprint density at radius 2 is 1.95 bits per heavy atom. The Kier molecular flexibility index (Phi) is 5.31. The fourth-order valence-electron chi connectivity index (χ4n) is 2.18. The van der Waals surface area contributed by atoms with E-state index in [2.05, 4.69) is 73.5 Å². The van der Waals surface area contributed by atoms with Crippen LogP contribution in [0.5, 0.6) is 0 Å². The van der Waals surface area contributed by atoms with Crippen LogP contribution in [0.15, 0.2) is 76.2 Å². The van der Waals surface area contributed by atoms with Crippen LogP contribution in [0, 0.1) is 0 Å². The van der Waals surface area contributed by atoms with Crippen LogP contribution in [-0.2, 0) is 0 Å². The van der Waals surface area contributed by atoms with Gasteiger partial charge in [0, 0.05) is 16.8 Å². The smallest absolute Gasteiger partial charge is 0.0550 e. The van der Waals surface area contributed by atoms with E-state index < -0.39 is 0 Å². The second-order valence-corrected chi connectivity index (χ2v) is 5.64. The molecule has 0 fully saturated rings. The largest absolute Gasteiger partial charge is 0.343 e. The third-order valence-electron chi connectivity index (χ3n) is 3.21. The third-order valence-corrected chi connectivity index (χ3v) is 4.44. The van der Waals surface area contributed by atoms with E-state index in [0.29, 0.717) is 0 Å². The molecule has 0 radical (unpaired) electrons. The molecule has 0 N–H and O–H groups in total. The molecule has 2 rings (SSSR count). The number of para-hydroxylation sites is 1. The molecule has 1 aliphatic rings. The molecule has 1 aliphatic heterocycles. The van der Waals surface area contributed by atoms with Crippen molar-refractivity contribution in [2.45, 2.75) is 25.2 Å². The van der Waals surface area contributed by atoms with E-state index in [1.165, 1.54) is 21.2 Å². The molecule has 1 aromatic rings. The first-order valence-electron chi connectivity index (χ1n) is 6.93. The van der Waals surface area contributed by atoms with E-state index in [-0.39, 0.29) is 0 Å². The molecule has 0 aromatic heterocycles. The maximum Gasteiger partial charge on any atom is 0.0550 e. The average Bonchev–Trinajstić information content (AvgIpc) is 2.48. The summed E-state index contributed by atoms with van der Waals surface area (Å²) in [6, 6.07) is 8.56. The summed E-state index contributed by atoms with van der Waals surface area (Å²) in [7, 11) is 2.14. The van der Waals surface area contributed by atoms with Crippen molar-refractivity contribution in [2.75, 3.05) is 11.9 Å². The van der Waals surface area contributed by atoms with Gasteiger partial charge in [0.2, 0.25) is 0 Å². The first-order valence-corrected chi connectivity index (χ1v) is 7.75. The number of fused-ring (bicyclic) bond motifs is 1.